The zero-order chi connectivity index (χ0) is 19.6. The van der Waals surface area contributed by atoms with Crippen LogP contribution in [-0.2, 0) is 21.7 Å². The van der Waals surface area contributed by atoms with E-state index in [1.54, 1.807) is 0 Å². The van der Waals surface area contributed by atoms with Gasteiger partial charge in [0, 0.05) is 5.92 Å². The van der Waals surface area contributed by atoms with Crippen LogP contribution in [0, 0.1) is 5.92 Å². The van der Waals surface area contributed by atoms with E-state index in [9.17, 15) is 0 Å². The minimum absolute atomic E-state index is 0.151. The molecule has 1 aliphatic heterocycles. The van der Waals surface area contributed by atoms with Crippen molar-refractivity contribution in [2.45, 2.75) is 45.7 Å². The highest BCUT2D eigenvalue weighted by Crippen LogP contribution is 2.39. The molecule has 0 saturated carbocycles. The van der Waals surface area contributed by atoms with Crippen LogP contribution in [0.3, 0.4) is 0 Å². The van der Waals surface area contributed by atoms with Gasteiger partial charge in [0.25, 0.3) is 0 Å². The van der Waals surface area contributed by atoms with E-state index < -0.39 is 5.60 Å². The van der Waals surface area contributed by atoms with Crippen LogP contribution in [0.25, 0.3) is 10.8 Å². The highest BCUT2D eigenvalue weighted by atomic mass is 16.7. The maximum atomic E-state index is 6.33. The van der Waals surface area contributed by atoms with Crippen molar-refractivity contribution >= 4 is 10.8 Å². The Kier molecular flexibility index (Phi) is 5.38. The summed E-state index contributed by atoms with van der Waals surface area (Å²) in [5, 5.41) is 2.48. The average Bonchev–Trinajstić information content (AvgIpc) is 3.19. The van der Waals surface area contributed by atoms with E-state index in [-0.39, 0.29) is 6.29 Å². The predicted molar refractivity (Wildman–Crippen MR) is 112 cm³/mol. The van der Waals surface area contributed by atoms with Gasteiger partial charge in [-0.05, 0) is 46.5 Å². The average molecular weight is 376 g/mol. The van der Waals surface area contributed by atoms with Crippen LogP contribution < -0.4 is 4.74 Å². The van der Waals surface area contributed by atoms with Crippen molar-refractivity contribution in [3.05, 3.63) is 77.9 Å². The summed E-state index contributed by atoms with van der Waals surface area (Å²) in [6.45, 7) is 7.52. The molecule has 2 atom stereocenters. The largest absolute Gasteiger partial charge is 0.489 e. The number of hydrogen-bond donors (Lipinski definition) is 0. The monoisotopic (exact) mass is 376 g/mol. The zero-order valence-corrected chi connectivity index (χ0v) is 16.9. The second-order valence-electron chi connectivity index (χ2n) is 7.89. The van der Waals surface area contributed by atoms with E-state index >= 15 is 0 Å². The van der Waals surface area contributed by atoms with Crippen molar-refractivity contribution in [3.8, 4) is 5.75 Å². The summed E-state index contributed by atoms with van der Waals surface area (Å²) >= 11 is 0. The smallest absolute Gasteiger partial charge is 0.161 e. The fourth-order valence-corrected chi connectivity index (χ4v) is 3.74. The highest BCUT2D eigenvalue weighted by molar-refractivity contribution is 5.82. The van der Waals surface area contributed by atoms with Crippen molar-refractivity contribution in [1.82, 2.24) is 0 Å². The third-order valence-electron chi connectivity index (χ3n) is 5.52. The van der Waals surface area contributed by atoms with Gasteiger partial charge in [0.05, 0.1) is 6.61 Å². The van der Waals surface area contributed by atoms with Crippen LogP contribution in [0.15, 0.2) is 66.7 Å². The van der Waals surface area contributed by atoms with Gasteiger partial charge in [-0.25, -0.2) is 0 Å². The van der Waals surface area contributed by atoms with Gasteiger partial charge in [-0.15, -0.1) is 0 Å². The first kappa shape index (κ1) is 19.0. The first-order valence-electron chi connectivity index (χ1n) is 10.1. The molecule has 3 aromatic rings. The molecule has 0 bridgehead atoms. The van der Waals surface area contributed by atoms with Crippen LogP contribution in [0.5, 0.6) is 5.75 Å². The number of ether oxygens (including phenoxy) is 3. The van der Waals surface area contributed by atoms with E-state index in [0.29, 0.717) is 19.1 Å². The molecule has 146 valence electrons. The maximum absolute atomic E-state index is 6.33. The summed E-state index contributed by atoms with van der Waals surface area (Å²) in [6, 6.07) is 23.1. The summed E-state index contributed by atoms with van der Waals surface area (Å²) in [7, 11) is 0. The summed E-state index contributed by atoms with van der Waals surface area (Å²) in [6.07, 6.45) is 0.715. The molecule has 0 radical (unpaired) electrons. The zero-order valence-electron chi connectivity index (χ0n) is 16.9. The van der Waals surface area contributed by atoms with Gasteiger partial charge in [-0.2, -0.15) is 0 Å². The van der Waals surface area contributed by atoms with Crippen molar-refractivity contribution in [2.24, 2.45) is 5.92 Å². The molecular formula is C25H28O3. The molecule has 1 heterocycles. The second-order valence-corrected chi connectivity index (χ2v) is 7.89. The summed E-state index contributed by atoms with van der Waals surface area (Å²) in [5.41, 5.74) is 1.89. The summed E-state index contributed by atoms with van der Waals surface area (Å²) in [5.74, 6) is 1.19. The predicted octanol–water partition coefficient (Wildman–Crippen LogP) is 6.05. The molecule has 0 spiro atoms. The SMILES string of the molecule is CCC1(c2cccc(OCc3ccc4ccccc4c3)c2)COC(C(C)C)O1. The van der Waals surface area contributed by atoms with Gasteiger partial charge in [-0.1, -0.05) is 69.3 Å². The van der Waals surface area contributed by atoms with E-state index in [1.807, 2.05) is 12.1 Å². The summed E-state index contributed by atoms with van der Waals surface area (Å²) in [4.78, 5) is 0. The Bertz CT molecular complexity index is 949. The lowest BCUT2D eigenvalue weighted by Gasteiger charge is -2.27. The lowest BCUT2D eigenvalue weighted by Crippen LogP contribution is -2.29. The van der Waals surface area contributed by atoms with Gasteiger partial charge in [0.15, 0.2) is 6.29 Å². The lowest BCUT2D eigenvalue weighted by atomic mass is 9.92. The molecule has 4 rings (SSSR count). The molecule has 3 aromatic carbocycles. The molecule has 0 aliphatic carbocycles. The fraction of sp³-hybridized carbons (Fsp3) is 0.360. The number of hydrogen-bond acceptors (Lipinski definition) is 3. The molecule has 0 aromatic heterocycles. The summed E-state index contributed by atoms with van der Waals surface area (Å²) < 4.78 is 18.4. The Morgan fingerprint density at radius 1 is 1.00 bits per heavy atom. The Morgan fingerprint density at radius 2 is 1.82 bits per heavy atom. The van der Waals surface area contributed by atoms with Crippen LogP contribution in [0.4, 0.5) is 0 Å². The normalized spacial score (nSPS) is 22.1. The Hall–Kier alpha value is -2.36. The molecule has 1 aliphatic rings. The van der Waals surface area contributed by atoms with Crippen LogP contribution in [-0.4, -0.2) is 12.9 Å². The minimum Gasteiger partial charge on any atom is -0.489 e. The van der Waals surface area contributed by atoms with E-state index in [0.717, 1.165) is 23.3 Å². The third-order valence-corrected chi connectivity index (χ3v) is 5.52. The van der Waals surface area contributed by atoms with Crippen LogP contribution in [0.1, 0.15) is 38.3 Å². The van der Waals surface area contributed by atoms with Crippen molar-refractivity contribution in [2.75, 3.05) is 6.61 Å². The molecule has 0 amide bonds. The minimum atomic E-state index is -0.392. The first-order valence-corrected chi connectivity index (χ1v) is 10.1. The second kappa shape index (κ2) is 7.94. The molecule has 3 nitrogen and oxygen atoms in total. The van der Waals surface area contributed by atoms with Crippen molar-refractivity contribution in [3.63, 3.8) is 0 Å². The topological polar surface area (TPSA) is 27.7 Å². The number of rotatable bonds is 6. The Morgan fingerprint density at radius 3 is 2.57 bits per heavy atom. The number of benzene rings is 3. The maximum Gasteiger partial charge on any atom is 0.161 e. The van der Waals surface area contributed by atoms with Crippen molar-refractivity contribution < 1.29 is 14.2 Å². The van der Waals surface area contributed by atoms with Gasteiger partial charge in [-0.3, -0.25) is 0 Å². The number of fused-ring (bicyclic) bond motifs is 1. The molecular weight excluding hydrogens is 348 g/mol. The molecule has 3 heteroatoms. The highest BCUT2D eigenvalue weighted by Gasteiger charge is 2.42. The molecule has 1 saturated heterocycles. The molecule has 28 heavy (non-hydrogen) atoms. The van der Waals surface area contributed by atoms with E-state index in [1.165, 1.54) is 10.8 Å². The molecule has 2 unspecified atom stereocenters. The standard InChI is InChI=1S/C25H28O3/c1-4-25(17-27-24(28-25)18(2)3)22-10-7-11-23(15-22)26-16-19-12-13-20-8-5-6-9-21(20)14-19/h5-15,18,24H,4,16-17H2,1-3H3. The fourth-order valence-electron chi connectivity index (χ4n) is 3.74. The van der Waals surface area contributed by atoms with E-state index in [2.05, 4.69) is 75.4 Å². The molecule has 1 fully saturated rings. The van der Waals surface area contributed by atoms with Crippen molar-refractivity contribution in [1.29, 1.82) is 0 Å². The quantitative estimate of drug-likeness (QED) is 0.524. The van der Waals surface area contributed by atoms with Gasteiger partial charge < -0.3 is 14.2 Å². The van der Waals surface area contributed by atoms with Gasteiger partial charge in [0.1, 0.15) is 18.0 Å². The van der Waals surface area contributed by atoms with Gasteiger partial charge in [0.2, 0.25) is 0 Å². The van der Waals surface area contributed by atoms with E-state index in [4.69, 9.17) is 14.2 Å². The Labute approximate surface area is 167 Å². The lowest BCUT2D eigenvalue weighted by molar-refractivity contribution is -0.118. The first-order chi connectivity index (χ1) is 13.6. The third kappa shape index (κ3) is 3.78. The Balaban J connectivity index is 1.50. The molecule has 0 N–H and O–H groups in total. The van der Waals surface area contributed by atoms with Gasteiger partial charge >= 0.3 is 0 Å². The van der Waals surface area contributed by atoms with Crippen LogP contribution in [0.2, 0.25) is 0 Å². The van der Waals surface area contributed by atoms with Crippen LogP contribution >= 0.6 is 0 Å².